The number of aryl methyl sites for hydroxylation is 1. The Balaban J connectivity index is 2.08. The lowest BCUT2D eigenvalue weighted by atomic mass is 10.0. The Morgan fingerprint density at radius 2 is 2.11 bits per heavy atom. The summed E-state index contributed by atoms with van der Waals surface area (Å²) >= 11 is 0. The lowest BCUT2D eigenvalue weighted by Crippen LogP contribution is -2.41. The maximum Gasteiger partial charge on any atom is 0.227 e. The van der Waals surface area contributed by atoms with Gasteiger partial charge in [-0.25, -0.2) is 0 Å². The van der Waals surface area contributed by atoms with Gasteiger partial charge in [0, 0.05) is 19.1 Å². The summed E-state index contributed by atoms with van der Waals surface area (Å²) in [6.45, 7) is 5.58. The van der Waals surface area contributed by atoms with Gasteiger partial charge in [-0.3, -0.25) is 4.79 Å². The number of hydrogen-bond acceptors (Lipinski definition) is 2. The molecule has 0 aliphatic heterocycles. The van der Waals surface area contributed by atoms with Gasteiger partial charge >= 0.3 is 0 Å². The van der Waals surface area contributed by atoms with Crippen molar-refractivity contribution in [3.8, 4) is 0 Å². The molecule has 1 amide bonds. The molecule has 0 spiro atoms. The van der Waals surface area contributed by atoms with E-state index in [4.69, 9.17) is 5.73 Å². The summed E-state index contributed by atoms with van der Waals surface area (Å²) in [6, 6.07) is 8.30. The summed E-state index contributed by atoms with van der Waals surface area (Å²) in [4.78, 5) is 14.5. The highest BCUT2D eigenvalue weighted by atomic mass is 16.2. The number of benzene rings is 1. The summed E-state index contributed by atoms with van der Waals surface area (Å²) in [6.07, 6.45) is 3.02. The van der Waals surface area contributed by atoms with Crippen molar-refractivity contribution in [2.45, 2.75) is 45.7 Å². The van der Waals surface area contributed by atoms with Gasteiger partial charge < -0.3 is 10.6 Å². The SMILES string of the molecule is CCN(Cc1ccccc1C)C(=O)C1CCCC1N. The highest BCUT2D eigenvalue weighted by Crippen LogP contribution is 2.26. The summed E-state index contributed by atoms with van der Waals surface area (Å²) in [7, 11) is 0. The van der Waals surface area contributed by atoms with Gasteiger partial charge in [-0.2, -0.15) is 0 Å². The molecule has 0 radical (unpaired) electrons. The van der Waals surface area contributed by atoms with Gasteiger partial charge in [-0.15, -0.1) is 0 Å². The maximum atomic E-state index is 12.5. The molecule has 1 aliphatic rings. The molecule has 2 N–H and O–H groups in total. The van der Waals surface area contributed by atoms with Crippen molar-refractivity contribution in [3.05, 3.63) is 35.4 Å². The van der Waals surface area contributed by atoms with Crippen LogP contribution in [0.3, 0.4) is 0 Å². The molecule has 2 unspecified atom stereocenters. The quantitative estimate of drug-likeness (QED) is 0.904. The van der Waals surface area contributed by atoms with E-state index in [2.05, 4.69) is 19.1 Å². The molecule has 2 rings (SSSR count). The lowest BCUT2D eigenvalue weighted by Gasteiger charge is -2.26. The second kappa shape index (κ2) is 6.20. The van der Waals surface area contributed by atoms with Crippen LogP contribution in [-0.2, 0) is 11.3 Å². The lowest BCUT2D eigenvalue weighted by molar-refractivity contribution is -0.136. The third-order valence-corrected chi connectivity index (χ3v) is 4.20. The molecule has 3 nitrogen and oxygen atoms in total. The van der Waals surface area contributed by atoms with Crippen LogP contribution in [0.25, 0.3) is 0 Å². The van der Waals surface area contributed by atoms with E-state index in [1.807, 2.05) is 24.0 Å². The Hall–Kier alpha value is -1.35. The smallest absolute Gasteiger partial charge is 0.227 e. The molecule has 1 aliphatic carbocycles. The zero-order valence-electron chi connectivity index (χ0n) is 11.9. The number of nitrogens with zero attached hydrogens (tertiary/aromatic N) is 1. The van der Waals surface area contributed by atoms with Gasteiger partial charge in [0.2, 0.25) is 5.91 Å². The highest BCUT2D eigenvalue weighted by molar-refractivity contribution is 5.80. The number of amides is 1. The molecule has 19 heavy (non-hydrogen) atoms. The average Bonchev–Trinajstić information content (AvgIpc) is 2.83. The largest absolute Gasteiger partial charge is 0.338 e. The summed E-state index contributed by atoms with van der Waals surface area (Å²) in [5.41, 5.74) is 8.51. The van der Waals surface area contributed by atoms with E-state index in [9.17, 15) is 4.79 Å². The van der Waals surface area contributed by atoms with Crippen LogP contribution in [-0.4, -0.2) is 23.4 Å². The van der Waals surface area contributed by atoms with Crippen LogP contribution in [0.15, 0.2) is 24.3 Å². The molecule has 1 aromatic rings. The molecule has 0 saturated heterocycles. The van der Waals surface area contributed by atoms with Gasteiger partial charge in [0.15, 0.2) is 0 Å². The normalized spacial score (nSPS) is 22.5. The fourth-order valence-electron chi connectivity index (χ4n) is 2.87. The van der Waals surface area contributed by atoms with Crippen LogP contribution in [0.2, 0.25) is 0 Å². The van der Waals surface area contributed by atoms with Gasteiger partial charge in [0.1, 0.15) is 0 Å². The molecular weight excluding hydrogens is 236 g/mol. The Morgan fingerprint density at radius 3 is 2.68 bits per heavy atom. The van der Waals surface area contributed by atoms with Crippen molar-refractivity contribution in [2.24, 2.45) is 11.7 Å². The van der Waals surface area contributed by atoms with Crippen LogP contribution >= 0.6 is 0 Å². The second-order valence-corrected chi connectivity index (χ2v) is 5.48. The van der Waals surface area contributed by atoms with E-state index in [0.717, 1.165) is 25.8 Å². The standard InChI is InChI=1S/C16H24N2O/c1-3-18(11-13-8-5-4-7-12(13)2)16(19)14-9-6-10-15(14)17/h4-5,7-8,14-15H,3,6,9-11,17H2,1-2H3. The fraction of sp³-hybridized carbons (Fsp3) is 0.562. The highest BCUT2D eigenvalue weighted by Gasteiger charge is 2.32. The minimum atomic E-state index is 0.0315. The van der Waals surface area contributed by atoms with Gasteiger partial charge in [-0.05, 0) is 37.8 Å². The first-order valence-corrected chi connectivity index (χ1v) is 7.22. The van der Waals surface area contributed by atoms with Crippen LogP contribution in [0, 0.1) is 12.8 Å². The van der Waals surface area contributed by atoms with Crippen LogP contribution < -0.4 is 5.73 Å². The molecule has 1 fully saturated rings. The molecule has 0 heterocycles. The second-order valence-electron chi connectivity index (χ2n) is 5.48. The van der Waals surface area contributed by atoms with Crippen LogP contribution in [0.5, 0.6) is 0 Å². The molecule has 2 atom stereocenters. The average molecular weight is 260 g/mol. The maximum absolute atomic E-state index is 12.5. The van der Waals surface area contributed by atoms with Crippen molar-refractivity contribution in [1.29, 1.82) is 0 Å². The van der Waals surface area contributed by atoms with Gasteiger partial charge in [0.25, 0.3) is 0 Å². The summed E-state index contributed by atoms with van der Waals surface area (Å²) < 4.78 is 0. The number of hydrogen-bond donors (Lipinski definition) is 1. The topological polar surface area (TPSA) is 46.3 Å². The zero-order valence-corrected chi connectivity index (χ0v) is 11.9. The van der Waals surface area contributed by atoms with E-state index >= 15 is 0 Å². The number of carbonyl (C=O) groups is 1. The minimum Gasteiger partial charge on any atom is -0.338 e. The summed E-state index contributed by atoms with van der Waals surface area (Å²) in [5.74, 6) is 0.264. The Labute approximate surface area is 115 Å². The number of nitrogens with two attached hydrogens (primary N) is 1. The fourth-order valence-corrected chi connectivity index (χ4v) is 2.87. The monoisotopic (exact) mass is 260 g/mol. The molecule has 0 bridgehead atoms. The Kier molecular flexibility index (Phi) is 4.59. The molecule has 1 aromatic carbocycles. The van der Waals surface area contributed by atoms with Crippen molar-refractivity contribution in [1.82, 2.24) is 4.90 Å². The van der Waals surface area contributed by atoms with E-state index in [0.29, 0.717) is 6.54 Å². The van der Waals surface area contributed by atoms with E-state index in [1.165, 1.54) is 11.1 Å². The molecule has 1 saturated carbocycles. The van der Waals surface area contributed by atoms with Crippen molar-refractivity contribution >= 4 is 5.91 Å². The number of rotatable bonds is 4. The first-order valence-electron chi connectivity index (χ1n) is 7.22. The molecule has 104 valence electrons. The van der Waals surface area contributed by atoms with Crippen LogP contribution in [0.1, 0.15) is 37.3 Å². The predicted octanol–water partition coefficient (Wildman–Crippen LogP) is 2.47. The van der Waals surface area contributed by atoms with E-state index < -0.39 is 0 Å². The first-order chi connectivity index (χ1) is 9.13. The molecular formula is C16H24N2O. The molecule has 3 heteroatoms. The number of carbonyl (C=O) groups excluding carboxylic acids is 1. The van der Waals surface area contributed by atoms with Gasteiger partial charge in [0.05, 0.1) is 5.92 Å². The first kappa shape index (κ1) is 14.1. The van der Waals surface area contributed by atoms with Crippen molar-refractivity contribution in [2.75, 3.05) is 6.54 Å². The van der Waals surface area contributed by atoms with E-state index in [-0.39, 0.29) is 17.9 Å². The van der Waals surface area contributed by atoms with Crippen molar-refractivity contribution in [3.63, 3.8) is 0 Å². The van der Waals surface area contributed by atoms with Crippen molar-refractivity contribution < 1.29 is 4.79 Å². The molecule has 0 aromatic heterocycles. The Bertz CT molecular complexity index is 444. The third kappa shape index (κ3) is 3.16. The summed E-state index contributed by atoms with van der Waals surface area (Å²) in [5, 5.41) is 0. The minimum absolute atomic E-state index is 0.0315. The zero-order chi connectivity index (χ0) is 13.8. The Morgan fingerprint density at radius 1 is 1.37 bits per heavy atom. The van der Waals surface area contributed by atoms with Gasteiger partial charge in [-0.1, -0.05) is 30.7 Å². The van der Waals surface area contributed by atoms with E-state index in [1.54, 1.807) is 0 Å². The van der Waals surface area contributed by atoms with Crippen LogP contribution in [0.4, 0.5) is 0 Å². The predicted molar refractivity (Wildman–Crippen MR) is 77.6 cm³/mol. The third-order valence-electron chi connectivity index (χ3n) is 4.20.